The molecule has 0 aromatic heterocycles. The van der Waals surface area contributed by atoms with Crippen molar-refractivity contribution >= 4 is 15.7 Å². The van der Waals surface area contributed by atoms with Crippen LogP contribution in [-0.2, 0) is 16.4 Å². The summed E-state index contributed by atoms with van der Waals surface area (Å²) in [6.07, 6.45) is 1.46. The van der Waals surface area contributed by atoms with Gasteiger partial charge in [-0.3, -0.25) is 0 Å². The number of aliphatic hydroxyl groups excluding tert-OH is 1. The predicted octanol–water partition coefficient (Wildman–Crippen LogP) is 2.72. The molecule has 2 aromatic carbocycles. The number of hydrogen-bond acceptors (Lipinski definition) is 4. The number of rotatable bonds is 9. The summed E-state index contributed by atoms with van der Waals surface area (Å²) in [4.78, 5) is 0.147. The lowest BCUT2D eigenvalue weighted by atomic mass is 10.1. The van der Waals surface area contributed by atoms with Crippen molar-refractivity contribution in [1.82, 2.24) is 4.31 Å². The maximum Gasteiger partial charge on any atom is 0.243 e. The molecule has 0 amide bonds. The highest BCUT2D eigenvalue weighted by Gasteiger charge is 2.27. The Bertz CT molecular complexity index is 792. The molecule has 5 nitrogen and oxygen atoms in total. The summed E-state index contributed by atoms with van der Waals surface area (Å²) in [6, 6.07) is 16.0. The minimum Gasteiger partial charge on any atom is -0.399 e. The van der Waals surface area contributed by atoms with Crippen LogP contribution in [0.5, 0.6) is 0 Å². The molecule has 0 aliphatic rings. The Kier molecular flexibility index (Phi) is 7.20. The van der Waals surface area contributed by atoms with Crippen LogP contribution >= 0.6 is 0 Å². The third kappa shape index (κ3) is 5.83. The lowest BCUT2D eigenvalue weighted by Gasteiger charge is -2.26. The Morgan fingerprint density at radius 2 is 1.77 bits per heavy atom. The highest BCUT2D eigenvalue weighted by atomic mass is 32.2. The molecule has 0 spiro atoms. The molecule has 0 bridgehead atoms. The van der Waals surface area contributed by atoms with Gasteiger partial charge in [-0.05, 0) is 42.5 Å². The topological polar surface area (TPSA) is 83.6 Å². The summed E-state index contributed by atoms with van der Waals surface area (Å²) >= 11 is 0. The smallest absolute Gasteiger partial charge is 0.243 e. The van der Waals surface area contributed by atoms with Crippen LogP contribution in [0, 0.1) is 12.3 Å². The second-order valence-electron chi connectivity index (χ2n) is 6.78. The van der Waals surface area contributed by atoms with Gasteiger partial charge in [0.25, 0.3) is 0 Å². The summed E-state index contributed by atoms with van der Waals surface area (Å²) in [7, 11) is -3.72. The van der Waals surface area contributed by atoms with Crippen LogP contribution in [-0.4, -0.2) is 37.0 Å². The van der Waals surface area contributed by atoms with Gasteiger partial charge in [0, 0.05) is 18.8 Å². The average molecular weight is 376 g/mol. The molecule has 2 aromatic rings. The molecule has 2 rings (SSSR count). The number of nitrogens with two attached hydrogens (primary N) is 1. The fourth-order valence-electron chi connectivity index (χ4n) is 2.67. The number of nitrogen functional groups attached to an aromatic ring is 1. The van der Waals surface area contributed by atoms with E-state index >= 15 is 0 Å². The number of hydrogen-bond donors (Lipinski definition) is 2. The van der Waals surface area contributed by atoms with Crippen LogP contribution in [0.25, 0.3) is 0 Å². The van der Waals surface area contributed by atoms with E-state index in [0.29, 0.717) is 18.7 Å². The second kappa shape index (κ2) is 9.16. The van der Waals surface area contributed by atoms with Crippen molar-refractivity contribution < 1.29 is 13.5 Å². The van der Waals surface area contributed by atoms with Gasteiger partial charge in [-0.2, -0.15) is 4.31 Å². The van der Waals surface area contributed by atoms with E-state index in [0.717, 1.165) is 5.56 Å². The molecule has 6 heteroatoms. The van der Waals surface area contributed by atoms with E-state index in [9.17, 15) is 13.5 Å². The molecule has 141 valence electrons. The SMILES string of the molecule is CC(C)CN(C[C@H](O)[CH]Cc1ccccc1)S(=O)(=O)c1cccc(N)c1. The molecule has 0 saturated heterocycles. The predicted molar refractivity (Wildman–Crippen MR) is 105 cm³/mol. The van der Waals surface area contributed by atoms with E-state index in [1.165, 1.54) is 16.4 Å². The van der Waals surface area contributed by atoms with Gasteiger partial charge in [0.2, 0.25) is 10.0 Å². The van der Waals surface area contributed by atoms with Crippen molar-refractivity contribution in [3.8, 4) is 0 Å². The standard InChI is InChI=1S/C20H27N2O3S/c1-16(2)14-22(26(24,25)20-10-6-9-18(21)13-20)15-19(23)12-11-17-7-4-3-5-8-17/h3-10,12-13,16,19,23H,11,14-15,21H2,1-2H3/t19-/m1/s1. The molecule has 1 radical (unpaired) electrons. The van der Waals surface area contributed by atoms with E-state index in [1.54, 1.807) is 18.6 Å². The molecule has 0 unspecified atom stereocenters. The Morgan fingerprint density at radius 3 is 2.38 bits per heavy atom. The van der Waals surface area contributed by atoms with E-state index in [2.05, 4.69) is 0 Å². The number of aliphatic hydroxyl groups is 1. The number of benzene rings is 2. The highest BCUT2D eigenvalue weighted by Crippen LogP contribution is 2.20. The first-order valence-electron chi connectivity index (χ1n) is 8.70. The molecule has 0 fully saturated rings. The summed E-state index contributed by atoms with van der Waals surface area (Å²) in [5, 5.41) is 10.4. The van der Waals surface area contributed by atoms with Gasteiger partial charge in [0.15, 0.2) is 0 Å². The monoisotopic (exact) mass is 375 g/mol. The molecule has 0 aliphatic carbocycles. The van der Waals surface area contributed by atoms with E-state index in [4.69, 9.17) is 5.73 Å². The normalized spacial score (nSPS) is 13.3. The zero-order valence-electron chi connectivity index (χ0n) is 15.2. The first-order valence-corrected chi connectivity index (χ1v) is 10.1. The lowest BCUT2D eigenvalue weighted by Crippen LogP contribution is -2.40. The largest absolute Gasteiger partial charge is 0.399 e. The van der Waals surface area contributed by atoms with E-state index < -0.39 is 16.1 Å². The van der Waals surface area contributed by atoms with Crippen molar-refractivity contribution in [3.63, 3.8) is 0 Å². The molecule has 3 N–H and O–H groups in total. The fraction of sp³-hybridized carbons (Fsp3) is 0.350. The molecule has 0 aliphatic heterocycles. The van der Waals surface area contributed by atoms with Crippen molar-refractivity contribution in [2.75, 3.05) is 18.8 Å². The third-order valence-corrected chi connectivity index (χ3v) is 5.75. The second-order valence-corrected chi connectivity index (χ2v) is 8.72. The zero-order chi connectivity index (χ0) is 19.2. The van der Waals surface area contributed by atoms with E-state index in [1.807, 2.05) is 44.2 Å². The minimum absolute atomic E-state index is 0.0160. The number of sulfonamides is 1. The maximum absolute atomic E-state index is 13.0. The molecular formula is C20H27N2O3S. The van der Waals surface area contributed by atoms with Gasteiger partial charge < -0.3 is 10.8 Å². The van der Waals surface area contributed by atoms with Crippen LogP contribution < -0.4 is 5.73 Å². The zero-order valence-corrected chi connectivity index (χ0v) is 16.1. The van der Waals surface area contributed by atoms with Crippen LogP contribution in [0.1, 0.15) is 19.4 Å². The van der Waals surface area contributed by atoms with Gasteiger partial charge in [-0.25, -0.2) is 8.42 Å². The first kappa shape index (κ1) is 20.4. The molecule has 0 heterocycles. The summed E-state index contributed by atoms with van der Waals surface area (Å²) in [5.74, 6) is 0.132. The van der Waals surface area contributed by atoms with E-state index in [-0.39, 0.29) is 17.4 Å². The average Bonchev–Trinajstić information content (AvgIpc) is 2.60. The quantitative estimate of drug-likeness (QED) is 0.660. The first-order chi connectivity index (χ1) is 12.3. The van der Waals surface area contributed by atoms with Crippen molar-refractivity contribution in [3.05, 3.63) is 66.6 Å². The molecular weight excluding hydrogens is 348 g/mol. The van der Waals surface area contributed by atoms with Crippen molar-refractivity contribution in [2.24, 2.45) is 5.92 Å². The van der Waals surface area contributed by atoms with Gasteiger partial charge in [0.05, 0.1) is 11.0 Å². The minimum atomic E-state index is -3.72. The number of anilines is 1. The Hall–Kier alpha value is -1.89. The summed E-state index contributed by atoms with van der Waals surface area (Å²) < 4.78 is 27.3. The summed E-state index contributed by atoms with van der Waals surface area (Å²) in [6.45, 7) is 4.24. The highest BCUT2D eigenvalue weighted by molar-refractivity contribution is 7.89. The van der Waals surface area contributed by atoms with Gasteiger partial charge in [0.1, 0.15) is 0 Å². The summed E-state index contributed by atoms with van der Waals surface area (Å²) in [5.41, 5.74) is 7.20. The van der Waals surface area contributed by atoms with Gasteiger partial charge in [-0.1, -0.05) is 50.2 Å². The molecule has 1 atom stereocenters. The van der Waals surface area contributed by atoms with Crippen molar-refractivity contribution in [2.45, 2.75) is 31.3 Å². The molecule has 26 heavy (non-hydrogen) atoms. The Balaban J connectivity index is 2.11. The van der Waals surface area contributed by atoms with Crippen LogP contribution in [0.4, 0.5) is 5.69 Å². The lowest BCUT2D eigenvalue weighted by molar-refractivity contribution is 0.167. The fourth-order valence-corrected chi connectivity index (χ4v) is 4.35. The van der Waals surface area contributed by atoms with Crippen LogP contribution in [0.2, 0.25) is 0 Å². The van der Waals surface area contributed by atoms with Crippen LogP contribution in [0.3, 0.4) is 0 Å². The third-order valence-electron chi connectivity index (χ3n) is 3.92. The van der Waals surface area contributed by atoms with Crippen molar-refractivity contribution in [1.29, 1.82) is 0 Å². The maximum atomic E-state index is 13.0. The number of nitrogens with zero attached hydrogens (tertiary/aromatic N) is 1. The van der Waals surface area contributed by atoms with Crippen LogP contribution in [0.15, 0.2) is 59.5 Å². The Morgan fingerprint density at radius 1 is 1.08 bits per heavy atom. The molecule has 0 saturated carbocycles. The Labute approximate surface area is 156 Å². The van der Waals surface area contributed by atoms with Gasteiger partial charge in [-0.15, -0.1) is 0 Å². The van der Waals surface area contributed by atoms with Gasteiger partial charge >= 0.3 is 0 Å².